The molecule has 0 bridgehead atoms. The van der Waals surface area contributed by atoms with Crippen LogP contribution in [0, 0.1) is 10.1 Å². The Kier molecular flexibility index (Phi) is 11.6. The van der Waals surface area contributed by atoms with Crippen molar-refractivity contribution >= 4 is 39.1 Å². The summed E-state index contributed by atoms with van der Waals surface area (Å²) in [6, 6.07) is 20.2. The van der Waals surface area contributed by atoms with Crippen LogP contribution in [-0.4, -0.2) is 84.2 Å². The number of para-hydroxylation sites is 2. The zero-order valence-corrected chi connectivity index (χ0v) is 26.7. The Hall–Kier alpha value is -4.31. The lowest BCUT2D eigenvalue weighted by molar-refractivity contribution is -0.387. The molecule has 0 saturated heterocycles. The molecule has 1 atom stereocenters. The minimum Gasteiger partial charge on any atom is -0.493 e. The van der Waals surface area contributed by atoms with Gasteiger partial charge in [0.25, 0.3) is 15.7 Å². The van der Waals surface area contributed by atoms with Crippen LogP contribution < -0.4 is 10.1 Å². The number of amides is 1. The van der Waals surface area contributed by atoms with Gasteiger partial charge in [-0.05, 0) is 63.5 Å². The smallest absolute Gasteiger partial charge is 0.289 e. The van der Waals surface area contributed by atoms with Gasteiger partial charge in [0.15, 0.2) is 4.90 Å². The maximum absolute atomic E-state index is 13.6. The van der Waals surface area contributed by atoms with Crippen molar-refractivity contribution in [3.63, 3.8) is 0 Å². The number of rotatable bonds is 16. The van der Waals surface area contributed by atoms with Gasteiger partial charge in [0, 0.05) is 36.2 Å². The van der Waals surface area contributed by atoms with Crippen LogP contribution in [-0.2, 0) is 20.6 Å². The monoisotopic (exact) mass is 654 g/mol. The summed E-state index contributed by atoms with van der Waals surface area (Å²) >= 11 is 1.60. The van der Waals surface area contributed by atoms with E-state index < -0.39 is 37.5 Å². The van der Waals surface area contributed by atoms with Crippen LogP contribution in [0.2, 0.25) is 0 Å². The molecule has 0 aliphatic rings. The topological polar surface area (TPSA) is 161 Å². The summed E-state index contributed by atoms with van der Waals surface area (Å²) in [5, 5.41) is 22.5. The third-order valence-electron chi connectivity index (χ3n) is 6.56. The first-order valence-electron chi connectivity index (χ1n) is 14.0. The fourth-order valence-electron chi connectivity index (χ4n) is 4.17. The van der Waals surface area contributed by atoms with E-state index in [4.69, 9.17) is 9.15 Å². The van der Waals surface area contributed by atoms with Gasteiger partial charge < -0.3 is 19.4 Å². The molecule has 3 aromatic carbocycles. The van der Waals surface area contributed by atoms with Crippen molar-refractivity contribution in [1.82, 2.24) is 19.4 Å². The number of thioether (sulfide) groups is 1. The number of nitro groups is 1. The van der Waals surface area contributed by atoms with E-state index in [-0.39, 0.29) is 6.54 Å². The third kappa shape index (κ3) is 9.11. The van der Waals surface area contributed by atoms with E-state index in [2.05, 4.69) is 15.5 Å². The van der Waals surface area contributed by atoms with Crippen molar-refractivity contribution in [2.45, 2.75) is 23.6 Å². The van der Waals surface area contributed by atoms with Gasteiger partial charge in [-0.15, -0.1) is 22.0 Å². The summed E-state index contributed by atoms with van der Waals surface area (Å²) in [6.07, 6.45) is 0. The van der Waals surface area contributed by atoms with Gasteiger partial charge in [0.1, 0.15) is 11.8 Å². The van der Waals surface area contributed by atoms with Crippen molar-refractivity contribution < 1.29 is 27.3 Å². The van der Waals surface area contributed by atoms with E-state index in [1.54, 1.807) is 55.0 Å². The second-order valence-electron chi connectivity index (χ2n) is 10.1. The first-order valence-corrected chi connectivity index (χ1v) is 16.5. The Morgan fingerprint density at radius 1 is 1.02 bits per heavy atom. The number of anilines is 1. The number of aromatic nitrogens is 2. The molecule has 1 N–H and O–H groups in total. The summed E-state index contributed by atoms with van der Waals surface area (Å²) in [6.45, 7) is 2.22. The molecule has 0 radical (unpaired) electrons. The molecule has 0 fully saturated rings. The highest BCUT2D eigenvalue weighted by molar-refractivity contribution is 7.98. The number of nitrogens with zero attached hydrogens (tertiary/aromatic N) is 5. The highest BCUT2D eigenvalue weighted by Crippen LogP contribution is 2.28. The number of sulfonamides is 1. The molecular formula is C30H34N6O7S2. The number of nitrogens with one attached hydrogen (secondary N) is 1. The number of nitro benzene ring substituents is 1. The van der Waals surface area contributed by atoms with Gasteiger partial charge in [-0.25, -0.2) is 8.42 Å². The van der Waals surface area contributed by atoms with Crippen LogP contribution in [0.5, 0.6) is 5.75 Å². The molecule has 0 saturated carbocycles. The zero-order valence-electron chi connectivity index (χ0n) is 25.0. The lowest BCUT2D eigenvalue weighted by atomic mass is 10.2. The van der Waals surface area contributed by atoms with Crippen molar-refractivity contribution in [2.75, 3.05) is 44.9 Å². The number of ether oxygens (including phenoxy) is 1. The second kappa shape index (κ2) is 15.6. The van der Waals surface area contributed by atoms with E-state index in [0.29, 0.717) is 41.9 Å². The van der Waals surface area contributed by atoms with Crippen LogP contribution in [0.1, 0.15) is 12.8 Å². The molecule has 13 nitrogen and oxygen atoms in total. The van der Waals surface area contributed by atoms with Crippen LogP contribution in [0.25, 0.3) is 11.5 Å². The molecule has 1 aromatic heterocycles. The highest BCUT2D eigenvalue weighted by atomic mass is 32.2. The number of benzene rings is 3. The normalized spacial score (nSPS) is 12.3. The summed E-state index contributed by atoms with van der Waals surface area (Å²) in [4.78, 5) is 25.4. The molecular weight excluding hydrogens is 620 g/mol. The Bertz CT molecular complexity index is 1680. The van der Waals surface area contributed by atoms with Gasteiger partial charge in [-0.3, -0.25) is 14.9 Å². The predicted molar refractivity (Wildman–Crippen MR) is 171 cm³/mol. The van der Waals surface area contributed by atoms with Crippen LogP contribution in [0.3, 0.4) is 0 Å². The quantitative estimate of drug-likeness (QED) is 0.103. The molecule has 0 aliphatic carbocycles. The Balaban J connectivity index is 1.37. The van der Waals surface area contributed by atoms with Gasteiger partial charge in [0.2, 0.25) is 17.7 Å². The molecule has 0 aliphatic heterocycles. The zero-order chi connectivity index (χ0) is 32.4. The molecule has 4 aromatic rings. The number of hydrogen-bond acceptors (Lipinski definition) is 11. The van der Waals surface area contributed by atoms with E-state index >= 15 is 0 Å². The Labute approximate surface area is 265 Å². The summed E-state index contributed by atoms with van der Waals surface area (Å²) in [5.41, 5.74) is 0.499. The summed E-state index contributed by atoms with van der Waals surface area (Å²) < 4.78 is 39.7. The average Bonchev–Trinajstić information content (AvgIpc) is 3.50. The Morgan fingerprint density at radius 3 is 2.40 bits per heavy atom. The summed E-state index contributed by atoms with van der Waals surface area (Å²) in [5.74, 6) is 2.28. The molecule has 1 unspecified atom stereocenters. The van der Waals surface area contributed by atoms with Gasteiger partial charge >= 0.3 is 0 Å². The molecule has 45 heavy (non-hydrogen) atoms. The van der Waals surface area contributed by atoms with E-state index in [1.807, 2.05) is 30.3 Å². The molecule has 1 amide bonds. The number of hydrogen-bond donors (Lipinski definition) is 1. The third-order valence-corrected chi connectivity index (χ3v) is 9.48. The number of carbonyl (C=O) groups excluding carboxylic acids is 1. The SMILES string of the molecule is CC(C(=O)Nc1ccc(-c2nnc(CSCCOc3ccccc3)o2)cc1)N(CCN(C)C)S(=O)(=O)c1ccccc1[N+](=O)[O-]. The fourth-order valence-corrected chi connectivity index (χ4v) is 6.55. The second-order valence-corrected chi connectivity index (χ2v) is 13.1. The van der Waals surface area contributed by atoms with Crippen LogP contribution in [0.15, 0.2) is 88.2 Å². The first-order chi connectivity index (χ1) is 21.6. The van der Waals surface area contributed by atoms with Gasteiger partial charge in [-0.2, -0.15) is 4.31 Å². The van der Waals surface area contributed by atoms with E-state index in [0.717, 1.165) is 21.9 Å². The largest absolute Gasteiger partial charge is 0.493 e. The minimum atomic E-state index is -4.40. The maximum atomic E-state index is 13.6. The van der Waals surface area contributed by atoms with Crippen molar-refractivity contribution in [3.8, 4) is 17.2 Å². The molecule has 238 valence electrons. The van der Waals surface area contributed by atoms with Crippen molar-refractivity contribution in [2.24, 2.45) is 0 Å². The highest BCUT2D eigenvalue weighted by Gasteiger charge is 2.37. The molecule has 15 heteroatoms. The average molecular weight is 655 g/mol. The first kappa shape index (κ1) is 33.6. The molecule has 0 spiro atoms. The lowest BCUT2D eigenvalue weighted by Gasteiger charge is -2.28. The molecule has 1 heterocycles. The number of carbonyl (C=O) groups is 1. The lowest BCUT2D eigenvalue weighted by Crippen LogP contribution is -2.48. The minimum absolute atomic E-state index is 0.0628. The van der Waals surface area contributed by atoms with E-state index in [9.17, 15) is 23.3 Å². The van der Waals surface area contributed by atoms with Crippen molar-refractivity contribution in [3.05, 3.63) is 94.9 Å². The van der Waals surface area contributed by atoms with Crippen LogP contribution in [0.4, 0.5) is 11.4 Å². The number of likely N-dealkylation sites (N-methyl/N-ethyl adjacent to an activating group) is 1. The van der Waals surface area contributed by atoms with Crippen LogP contribution >= 0.6 is 11.8 Å². The standard InChI is InChI=1S/C30H34N6O7S2/c1-22(35(18-17-34(2)3)45(40,41)27-12-8-7-11-26(27)36(38)39)29(37)31-24-15-13-23(14-16-24)30-33-32-28(43-30)21-44-20-19-42-25-9-5-4-6-10-25/h4-16,22H,17-21H2,1-3H3,(H,31,37). The summed E-state index contributed by atoms with van der Waals surface area (Å²) in [7, 11) is -0.886. The fraction of sp³-hybridized carbons (Fsp3) is 0.300. The molecule has 4 rings (SSSR count). The van der Waals surface area contributed by atoms with Gasteiger partial charge in [0.05, 0.1) is 17.3 Å². The van der Waals surface area contributed by atoms with E-state index in [1.165, 1.54) is 25.1 Å². The van der Waals surface area contributed by atoms with Crippen molar-refractivity contribution in [1.29, 1.82) is 0 Å². The Morgan fingerprint density at radius 2 is 1.71 bits per heavy atom. The maximum Gasteiger partial charge on any atom is 0.289 e. The van der Waals surface area contributed by atoms with Gasteiger partial charge in [-0.1, -0.05) is 30.3 Å². The predicted octanol–water partition coefficient (Wildman–Crippen LogP) is 4.54.